The molecule has 0 aliphatic carbocycles. The first-order valence-electron chi connectivity index (χ1n) is 17.1. The van der Waals surface area contributed by atoms with E-state index in [1.54, 1.807) is 18.6 Å². The van der Waals surface area contributed by atoms with Gasteiger partial charge in [0.2, 0.25) is 0 Å². The molecule has 0 aliphatic rings. The van der Waals surface area contributed by atoms with Crippen LogP contribution in [0.1, 0.15) is 133 Å². The number of rotatable bonds is 0. The molecule has 4 aromatic rings. The Hall–Kier alpha value is -3.40. The van der Waals surface area contributed by atoms with Crippen LogP contribution in [0, 0.1) is 27.7 Å². The SMILES string of the molecule is CC.CC.CC.CC.CC.CC.CC.CC.Cc1ccccc1.Cc1ccccn1.Cc1cccnc1.Cc1cccnn1. The van der Waals surface area contributed by atoms with E-state index < -0.39 is 0 Å². The standard InChI is InChI=1S/C7H8.2C6H7N.C5H6N2.8C2H6/c1-7-5-3-2-4-6-7;1-6-3-2-4-7-5-6;1-6-4-2-3-5-7-6;1-5-3-2-4-6-7-5;8*1-2/h2-6H,1H3;2*2-5H,1H3;2-4H,1H3;8*1-2H3. The van der Waals surface area contributed by atoms with E-state index >= 15 is 0 Å². The molecule has 4 heteroatoms. The van der Waals surface area contributed by atoms with Crippen molar-refractivity contribution in [2.75, 3.05) is 0 Å². The second-order valence-electron chi connectivity index (χ2n) is 6.02. The smallest absolute Gasteiger partial charge is 0.0600 e. The van der Waals surface area contributed by atoms with Crippen LogP contribution in [0.15, 0.2) is 97.6 Å². The lowest BCUT2D eigenvalue weighted by Crippen LogP contribution is -1.79. The van der Waals surface area contributed by atoms with E-state index in [9.17, 15) is 0 Å². The number of nitrogens with zero attached hydrogens (tertiary/aromatic N) is 4. The maximum atomic E-state index is 3.98. The molecule has 0 radical (unpaired) electrons. The molecular formula is C40H76N4. The fourth-order valence-corrected chi connectivity index (χ4v) is 1.81. The molecule has 0 amide bonds. The Kier molecular flexibility index (Phi) is 98.2. The van der Waals surface area contributed by atoms with Crippen molar-refractivity contribution in [3.05, 3.63) is 120 Å². The minimum Gasteiger partial charge on any atom is -0.264 e. The summed E-state index contributed by atoms with van der Waals surface area (Å²) in [6, 6.07) is 23.8. The van der Waals surface area contributed by atoms with E-state index in [0.717, 1.165) is 11.4 Å². The summed E-state index contributed by atoms with van der Waals surface area (Å²) < 4.78 is 0. The lowest BCUT2D eigenvalue weighted by molar-refractivity contribution is 0.980. The molecule has 4 nitrogen and oxygen atoms in total. The van der Waals surface area contributed by atoms with Crippen LogP contribution in [0.3, 0.4) is 0 Å². The van der Waals surface area contributed by atoms with Gasteiger partial charge in [-0.25, -0.2) is 0 Å². The van der Waals surface area contributed by atoms with Gasteiger partial charge in [0, 0.05) is 30.5 Å². The number of aromatic nitrogens is 4. The summed E-state index contributed by atoms with van der Waals surface area (Å²) in [5.41, 5.74) is 4.56. The van der Waals surface area contributed by atoms with Crippen molar-refractivity contribution in [1.29, 1.82) is 0 Å². The maximum Gasteiger partial charge on any atom is 0.0600 e. The Balaban J connectivity index is -0.0000000568. The third kappa shape index (κ3) is 66.7. The van der Waals surface area contributed by atoms with Crippen molar-refractivity contribution in [3.8, 4) is 0 Å². The lowest BCUT2D eigenvalue weighted by atomic mass is 10.2. The Labute approximate surface area is 278 Å². The molecule has 3 heterocycles. The van der Waals surface area contributed by atoms with Crippen molar-refractivity contribution in [3.63, 3.8) is 0 Å². The van der Waals surface area contributed by atoms with Gasteiger partial charge in [0.15, 0.2) is 0 Å². The number of hydrogen-bond acceptors (Lipinski definition) is 4. The summed E-state index contributed by atoms with van der Waals surface area (Å²) >= 11 is 0. The average molecular weight is 613 g/mol. The van der Waals surface area contributed by atoms with Crippen LogP contribution in [0.5, 0.6) is 0 Å². The van der Waals surface area contributed by atoms with Gasteiger partial charge in [-0.2, -0.15) is 10.2 Å². The van der Waals surface area contributed by atoms with Gasteiger partial charge in [-0.1, -0.05) is 159 Å². The fraction of sp³-hybridized carbons (Fsp3) is 0.500. The molecule has 1 aromatic carbocycles. The Morgan fingerprint density at radius 1 is 0.364 bits per heavy atom. The zero-order valence-electron chi connectivity index (χ0n) is 33.0. The summed E-state index contributed by atoms with van der Waals surface area (Å²) in [5, 5.41) is 7.36. The van der Waals surface area contributed by atoms with Crippen LogP contribution in [0.4, 0.5) is 0 Å². The van der Waals surface area contributed by atoms with E-state index in [1.807, 2.05) is 198 Å². The molecule has 3 aromatic heterocycles. The van der Waals surface area contributed by atoms with E-state index in [1.165, 1.54) is 11.1 Å². The highest BCUT2D eigenvalue weighted by Crippen LogP contribution is 1.92. The highest BCUT2D eigenvalue weighted by Gasteiger charge is 1.75. The predicted molar refractivity (Wildman–Crippen MR) is 207 cm³/mol. The molecule has 0 bridgehead atoms. The summed E-state index contributed by atoms with van der Waals surface area (Å²) in [6.07, 6.45) is 7.05. The first kappa shape index (κ1) is 59.9. The van der Waals surface area contributed by atoms with Gasteiger partial charge < -0.3 is 0 Å². The van der Waals surface area contributed by atoms with Gasteiger partial charge in [-0.3, -0.25) is 9.97 Å². The summed E-state index contributed by atoms with van der Waals surface area (Å²) in [4.78, 5) is 7.86. The van der Waals surface area contributed by atoms with E-state index in [4.69, 9.17) is 0 Å². The van der Waals surface area contributed by atoms with Crippen LogP contribution >= 0.6 is 0 Å². The van der Waals surface area contributed by atoms with Crippen LogP contribution < -0.4 is 0 Å². The van der Waals surface area contributed by atoms with Crippen molar-refractivity contribution in [2.24, 2.45) is 0 Å². The van der Waals surface area contributed by atoms with Gasteiger partial charge in [-0.05, 0) is 63.6 Å². The van der Waals surface area contributed by atoms with Crippen LogP contribution in [-0.4, -0.2) is 20.2 Å². The zero-order valence-corrected chi connectivity index (χ0v) is 33.0. The first-order valence-corrected chi connectivity index (χ1v) is 17.1. The minimum atomic E-state index is 0.961. The summed E-state index contributed by atoms with van der Waals surface area (Å²) in [5.74, 6) is 0. The molecule has 0 atom stereocenters. The lowest BCUT2D eigenvalue weighted by Gasteiger charge is -1.82. The van der Waals surface area contributed by atoms with Crippen LogP contribution in [0.2, 0.25) is 0 Å². The number of hydrogen-bond donors (Lipinski definition) is 0. The number of benzene rings is 1. The van der Waals surface area contributed by atoms with Crippen molar-refractivity contribution < 1.29 is 0 Å². The van der Waals surface area contributed by atoms with Crippen LogP contribution in [0.25, 0.3) is 0 Å². The first-order chi connectivity index (χ1) is 21.6. The third-order valence-corrected chi connectivity index (χ3v) is 3.27. The van der Waals surface area contributed by atoms with E-state index in [0.29, 0.717) is 0 Å². The van der Waals surface area contributed by atoms with Gasteiger partial charge in [0.05, 0.1) is 5.69 Å². The Bertz CT molecular complexity index is 689. The predicted octanol–water partition coefficient (Wildman–Crippen LogP) is 13.8. The second kappa shape index (κ2) is 72.1. The molecule has 0 saturated carbocycles. The molecule has 256 valence electrons. The Morgan fingerprint density at radius 3 is 0.955 bits per heavy atom. The Morgan fingerprint density at radius 2 is 0.773 bits per heavy atom. The van der Waals surface area contributed by atoms with Crippen molar-refractivity contribution in [1.82, 2.24) is 20.2 Å². The molecular weight excluding hydrogens is 536 g/mol. The monoisotopic (exact) mass is 613 g/mol. The number of aryl methyl sites for hydroxylation is 4. The molecule has 0 aliphatic heterocycles. The molecule has 0 N–H and O–H groups in total. The van der Waals surface area contributed by atoms with Gasteiger partial charge in [-0.15, -0.1) is 0 Å². The van der Waals surface area contributed by atoms with Gasteiger partial charge >= 0.3 is 0 Å². The quantitative estimate of drug-likeness (QED) is 0.198. The minimum absolute atomic E-state index is 0.961. The average Bonchev–Trinajstić information content (AvgIpc) is 3.14. The maximum absolute atomic E-state index is 3.98. The molecule has 0 spiro atoms. The van der Waals surface area contributed by atoms with E-state index in [-0.39, 0.29) is 0 Å². The summed E-state index contributed by atoms with van der Waals surface area (Å²) in [6.45, 7) is 40.0. The molecule has 4 rings (SSSR count). The zero-order chi connectivity index (χ0) is 36.5. The van der Waals surface area contributed by atoms with E-state index in [2.05, 4.69) is 39.2 Å². The highest BCUT2D eigenvalue weighted by atomic mass is 15.1. The molecule has 0 saturated heterocycles. The normalized spacial score (nSPS) is 6.64. The van der Waals surface area contributed by atoms with Gasteiger partial charge in [0.25, 0.3) is 0 Å². The second-order valence-corrected chi connectivity index (χ2v) is 6.02. The largest absolute Gasteiger partial charge is 0.264 e. The van der Waals surface area contributed by atoms with Crippen molar-refractivity contribution >= 4 is 0 Å². The van der Waals surface area contributed by atoms with Crippen LogP contribution in [-0.2, 0) is 0 Å². The summed E-state index contributed by atoms with van der Waals surface area (Å²) in [7, 11) is 0. The number of pyridine rings is 2. The fourth-order valence-electron chi connectivity index (χ4n) is 1.81. The molecule has 44 heavy (non-hydrogen) atoms. The highest BCUT2D eigenvalue weighted by molar-refractivity contribution is 5.11. The topological polar surface area (TPSA) is 51.6 Å². The third-order valence-electron chi connectivity index (χ3n) is 3.27. The molecule has 0 unspecified atom stereocenters. The van der Waals surface area contributed by atoms with Gasteiger partial charge in [0.1, 0.15) is 0 Å². The molecule has 0 fully saturated rings. The van der Waals surface area contributed by atoms with Crippen molar-refractivity contribution in [2.45, 2.75) is 138 Å².